The molecule has 0 bridgehead atoms. The standard InChI is InChI=1S/2Ca.H4O4Si.4H/c;;1-5(2,3)4;;;;/h;;1-4H;;;;/q2*+2;;4*-1. The van der Waals surface area contributed by atoms with Crippen LogP contribution in [0.3, 0.4) is 0 Å². The Hall–Kier alpha value is 2.58. The minimum Gasteiger partial charge on any atom is -1.00 e. The molecule has 0 aromatic rings. The fraction of sp³-hybridized carbons (Fsp3) is 0. The van der Waals surface area contributed by atoms with Crippen molar-refractivity contribution < 1.29 is 24.9 Å². The van der Waals surface area contributed by atoms with Crippen LogP contribution in [0.4, 0.5) is 0 Å². The summed E-state index contributed by atoms with van der Waals surface area (Å²) in [5, 5.41) is 0. The summed E-state index contributed by atoms with van der Waals surface area (Å²) in [6.45, 7) is 0. The summed E-state index contributed by atoms with van der Waals surface area (Å²) >= 11 is 0. The molecule has 0 spiro atoms. The van der Waals surface area contributed by atoms with E-state index in [-0.39, 0.29) is 81.2 Å². The second kappa shape index (κ2) is 6.69. The Morgan fingerprint density at radius 3 is 0.857 bits per heavy atom. The molecule has 0 aliphatic heterocycles. The normalized spacial score (nSPS) is 8.57. The third kappa shape index (κ3) is 55.9. The summed E-state index contributed by atoms with van der Waals surface area (Å²) < 4.78 is 0. The van der Waals surface area contributed by atoms with Crippen LogP contribution >= 0.6 is 0 Å². The van der Waals surface area contributed by atoms with E-state index in [9.17, 15) is 0 Å². The van der Waals surface area contributed by atoms with Crippen LogP contribution in [-0.4, -0.2) is 104 Å². The SMILES string of the molecule is O[Si](O)(O)O.[Ca+2].[Ca+2].[H-].[H-].[H-].[H-]. The van der Waals surface area contributed by atoms with Crippen molar-refractivity contribution in [2.45, 2.75) is 0 Å². The average Bonchev–Trinajstić information content (AvgIpc) is 0.722. The Morgan fingerprint density at radius 1 is 0.857 bits per heavy atom. The Kier molecular flexibility index (Phi) is 15.6. The van der Waals surface area contributed by atoms with Crippen molar-refractivity contribution in [1.29, 1.82) is 0 Å². The largest absolute Gasteiger partial charge is 2.00 e. The van der Waals surface area contributed by atoms with Crippen molar-refractivity contribution in [1.82, 2.24) is 0 Å². The van der Waals surface area contributed by atoms with Crippen molar-refractivity contribution in [2.24, 2.45) is 0 Å². The van der Waals surface area contributed by atoms with Crippen LogP contribution in [0.25, 0.3) is 0 Å². The zero-order valence-electron chi connectivity index (χ0n) is 7.70. The molecule has 0 unspecified atom stereocenters. The minimum absolute atomic E-state index is 0. The first kappa shape index (κ1) is 16.3. The Bertz CT molecular complexity index is 35.6. The molecule has 0 atom stereocenters. The molecule has 0 rings (SSSR count). The van der Waals surface area contributed by atoms with E-state index in [0.29, 0.717) is 0 Å². The van der Waals surface area contributed by atoms with E-state index < -0.39 is 9.05 Å². The van der Waals surface area contributed by atoms with Crippen molar-refractivity contribution in [3.05, 3.63) is 0 Å². The summed E-state index contributed by atoms with van der Waals surface area (Å²) in [4.78, 5) is 29.3. The van der Waals surface area contributed by atoms with Gasteiger partial charge in [-0.2, -0.15) is 0 Å². The van der Waals surface area contributed by atoms with Crippen LogP contribution in [0.5, 0.6) is 0 Å². The summed E-state index contributed by atoms with van der Waals surface area (Å²) in [5.41, 5.74) is 0. The smallest absolute Gasteiger partial charge is 1.00 e. The molecular weight excluding hydrogens is 172 g/mol. The van der Waals surface area contributed by atoms with Gasteiger partial charge in [0.15, 0.2) is 0 Å². The molecular formula is H8Ca2O4Si. The van der Waals surface area contributed by atoms with Crippen LogP contribution in [-0.2, 0) is 0 Å². The van der Waals surface area contributed by atoms with E-state index in [1.54, 1.807) is 0 Å². The van der Waals surface area contributed by atoms with Crippen molar-refractivity contribution in [3.63, 3.8) is 0 Å². The van der Waals surface area contributed by atoms with Crippen molar-refractivity contribution in [3.8, 4) is 0 Å². The van der Waals surface area contributed by atoms with E-state index >= 15 is 0 Å². The molecule has 7 heteroatoms. The van der Waals surface area contributed by atoms with Crippen LogP contribution < -0.4 is 0 Å². The first-order chi connectivity index (χ1) is 2.00. The van der Waals surface area contributed by atoms with Gasteiger partial charge in [-0.05, 0) is 0 Å². The van der Waals surface area contributed by atoms with Gasteiger partial charge in [0, 0.05) is 0 Å². The Labute approximate surface area is 108 Å². The van der Waals surface area contributed by atoms with Crippen molar-refractivity contribution >= 4 is 84.5 Å². The van der Waals surface area contributed by atoms with Gasteiger partial charge in [0.1, 0.15) is 0 Å². The molecule has 0 amide bonds. The third-order valence-corrected chi connectivity index (χ3v) is 0. The molecule has 0 fully saturated rings. The Morgan fingerprint density at radius 2 is 0.857 bits per heavy atom. The summed E-state index contributed by atoms with van der Waals surface area (Å²) in [6.07, 6.45) is 0. The molecule has 4 N–H and O–H groups in total. The zero-order chi connectivity index (χ0) is 4.50. The molecule has 4 nitrogen and oxygen atoms in total. The quantitative estimate of drug-likeness (QED) is 0.301. The van der Waals surface area contributed by atoms with Gasteiger partial charge in [0.2, 0.25) is 0 Å². The molecule has 0 aliphatic carbocycles. The fourth-order valence-electron chi connectivity index (χ4n) is 0. The van der Waals surface area contributed by atoms with Crippen molar-refractivity contribution in [2.75, 3.05) is 0 Å². The third-order valence-electron chi connectivity index (χ3n) is 0. The van der Waals surface area contributed by atoms with Crippen LogP contribution in [0.15, 0.2) is 0 Å². The number of hydrogen-bond donors (Lipinski definition) is 4. The molecule has 7 heavy (non-hydrogen) atoms. The molecule has 0 aliphatic rings. The van der Waals surface area contributed by atoms with Gasteiger partial charge in [-0.15, -0.1) is 0 Å². The van der Waals surface area contributed by atoms with Gasteiger partial charge in [0.05, 0.1) is 0 Å². The predicted molar refractivity (Wildman–Crippen MR) is 30.6 cm³/mol. The van der Waals surface area contributed by atoms with Crippen LogP contribution in [0.2, 0.25) is 0 Å². The van der Waals surface area contributed by atoms with Crippen LogP contribution in [0, 0.1) is 0 Å². The van der Waals surface area contributed by atoms with Gasteiger partial charge >= 0.3 is 84.5 Å². The second-order valence-corrected chi connectivity index (χ2v) is 1.80. The van der Waals surface area contributed by atoms with Gasteiger partial charge < -0.3 is 24.9 Å². The van der Waals surface area contributed by atoms with Gasteiger partial charge in [0.25, 0.3) is 0 Å². The molecule has 0 radical (unpaired) electrons. The fourth-order valence-corrected chi connectivity index (χ4v) is 0. The van der Waals surface area contributed by atoms with E-state index in [1.807, 2.05) is 0 Å². The maximum Gasteiger partial charge on any atom is 2.00 e. The number of rotatable bonds is 0. The number of hydrogen-bond acceptors (Lipinski definition) is 4. The van der Waals surface area contributed by atoms with Gasteiger partial charge in [-0.3, -0.25) is 0 Å². The molecule has 0 aromatic heterocycles. The van der Waals surface area contributed by atoms with Crippen LogP contribution in [0.1, 0.15) is 5.71 Å². The van der Waals surface area contributed by atoms with E-state index in [2.05, 4.69) is 0 Å². The predicted octanol–water partition coefficient (Wildman–Crippen LogP) is -2.92. The van der Waals surface area contributed by atoms with Gasteiger partial charge in [-0.1, -0.05) is 0 Å². The maximum absolute atomic E-state index is 7.33. The van der Waals surface area contributed by atoms with E-state index in [0.717, 1.165) is 0 Å². The topological polar surface area (TPSA) is 80.9 Å². The molecule has 0 saturated heterocycles. The first-order valence-corrected chi connectivity index (χ1v) is 2.68. The van der Waals surface area contributed by atoms with E-state index in [1.165, 1.54) is 0 Å². The summed E-state index contributed by atoms with van der Waals surface area (Å²) in [6, 6.07) is 0. The second-order valence-electron chi connectivity index (χ2n) is 0.600. The summed E-state index contributed by atoms with van der Waals surface area (Å²) in [5.74, 6) is 0. The zero-order valence-corrected chi connectivity index (χ0v) is 9.12. The molecule has 40 valence electrons. The van der Waals surface area contributed by atoms with E-state index in [4.69, 9.17) is 19.2 Å². The first-order valence-electron chi connectivity index (χ1n) is 0.894. The Balaban J connectivity index is -0.00000000533. The van der Waals surface area contributed by atoms with Gasteiger partial charge in [-0.25, -0.2) is 0 Å². The molecule has 0 heterocycles. The molecule has 0 saturated carbocycles. The monoisotopic (exact) mass is 180 g/mol. The maximum atomic E-state index is 7.33. The summed E-state index contributed by atoms with van der Waals surface area (Å²) in [7, 11) is -4.61. The minimum atomic E-state index is -4.61. The average molecular weight is 180 g/mol. The molecule has 0 aromatic carbocycles.